The van der Waals surface area contributed by atoms with Crippen LogP contribution in [0.15, 0.2) is 22.8 Å². The summed E-state index contributed by atoms with van der Waals surface area (Å²) in [6, 6.07) is 0. The third kappa shape index (κ3) is 5.83. The monoisotopic (exact) mass is 280 g/mol. The highest BCUT2D eigenvalue weighted by Gasteiger charge is 2.22. The van der Waals surface area contributed by atoms with Gasteiger partial charge in [0.05, 0.1) is 6.61 Å². The molecule has 0 bridgehead atoms. The van der Waals surface area contributed by atoms with Gasteiger partial charge in [-0.1, -0.05) is 50.5 Å². The minimum absolute atomic E-state index is 0.00834. The minimum atomic E-state index is -0.00834. The molecule has 0 rings (SSSR count). The second-order valence-corrected chi connectivity index (χ2v) is 6.55. The zero-order valence-corrected chi connectivity index (χ0v) is 14.8. The molecule has 1 nitrogen and oxygen atoms in total. The summed E-state index contributed by atoms with van der Waals surface area (Å²) in [4.78, 5) is 0. The molecule has 0 radical (unpaired) electrons. The van der Waals surface area contributed by atoms with E-state index in [4.69, 9.17) is 0 Å². The first-order chi connectivity index (χ1) is 9.35. The molecule has 118 valence electrons. The Labute approximate surface area is 127 Å². The third-order valence-corrected chi connectivity index (χ3v) is 4.91. The first-order valence-corrected chi connectivity index (χ1v) is 8.31. The lowest BCUT2D eigenvalue weighted by Crippen LogP contribution is -2.21. The Morgan fingerprint density at radius 2 is 1.60 bits per heavy atom. The van der Waals surface area contributed by atoms with Crippen molar-refractivity contribution in [2.75, 3.05) is 6.61 Å². The average molecular weight is 280 g/mol. The summed E-state index contributed by atoms with van der Waals surface area (Å²) in [5.41, 5.74) is 4.50. The fraction of sp³-hybridized carbons (Fsp3) is 0.789. The van der Waals surface area contributed by atoms with E-state index >= 15 is 0 Å². The van der Waals surface area contributed by atoms with E-state index in [0.717, 1.165) is 25.7 Å². The summed E-state index contributed by atoms with van der Waals surface area (Å²) in [5.74, 6) is 0.688. The van der Waals surface area contributed by atoms with Crippen molar-refractivity contribution >= 4 is 0 Å². The third-order valence-electron chi connectivity index (χ3n) is 4.91. The molecule has 0 aliphatic heterocycles. The summed E-state index contributed by atoms with van der Waals surface area (Å²) in [5, 5.41) is 9.66. The predicted molar refractivity (Wildman–Crippen MR) is 90.9 cm³/mol. The van der Waals surface area contributed by atoms with Crippen LogP contribution in [-0.2, 0) is 0 Å². The molecule has 0 saturated heterocycles. The number of allylic oxidation sites excluding steroid dienone is 3. The van der Waals surface area contributed by atoms with Crippen molar-refractivity contribution < 1.29 is 5.11 Å². The van der Waals surface area contributed by atoms with Crippen molar-refractivity contribution in [1.29, 1.82) is 0 Å². The van der Waals surface area contributed by atoms with Crippen LogP contribution in [0.4, 0.5) is 0 Å². The topological polar surface area (TPSA) is 20.2 Å². The molecule has 0 aromatic rings. The maximum absolute atomic E-state index is 9.66. The first kappa shape index (κ1) is 19.4. The van der Waals surface area contributed by atoms with Crippen molar-refractivity contribution in [3.63, 3.8) is 0 Å². The summed E-state index contributed by atoms with van der Waals surface area (Å²) >= 11 is 0. The fourth-order valence-electron chi connectivity index (χ4n) is 2.89. The van der Waals surface area contributed by atoms with Crippen LogP contribution < -0.4 is 0 Å². The molecule has 20 heavy (non-hydrogen) atoms. The highest BCUT2D eigenvalue weighted by Crippen LogP contribution is 2.31. The van der Waals surface area contributed by atoms with Gasteiger partial charge in [0.2, 0.25) is 0 Å². The lowest BCUT2D eigenvalue weighted by molar-refractivity contribution is 0.159. The molecule has 1 atom stereocenters. The maximum atomic E-state index is 9.66. The van der Waals surface area contributed by atoms with Crippen LogP contribution in [0.3, 0.4) is 0 Å². The van der Waals surface area contributed by atoms with Gasteiger partial charge in [0.25, 0.3) is 0 Å². The van der Waals surface area contributed by atoms with Gasteiger partial charge in [0.15, 0.2) is 0 Å². The smallest absolute Gasteiger partial charge is 0.0521 e. The Kier molecular flexibility index (Phi) is 9.13. The number of hydrogen-bond acceptors (Lipinski definition) is 1. The van der Waals surface area contributed by atoms with E-state index < -0.39 is 0 Å². The predicted octanol–water partition coefficient (Wildman–Crippen LogP) is 5.89. The van der Waals surface area contributed by atoms with Crippen molar-refractivity contribution in [2.24, 2.45) is 11.3 Å². The Balaban J connectivity index is 4.84. The van der Waals surface area contributed by atoms with Crippen molar-refractivity contribution in [1.82, 2.24) is 0 Å². The molecule has 1 unspecified atom stereocenters. The summed E-state index contributed by atoms with van der Waals surface area (Å²) < 4.78 is 0. The molecule has 0 aliphatic rings. The van der Waals surface area contributed by atoms with Crippen LogP contribution in [-0.4, -0.2) is 11.7 Å². The van der Waals surface area contributed by atoms with Gasteiger partial charge in [0.1, 0.15) is 0 Å². The largest absolute Gasteiger partial charge is 0.395 e. The summed E-state index contributed by atoms with van der Waals surface area (Å²) in [6.45, 7) is 15.9. The Morgan fingerprint density at radius 3 is 1.95 bits per heavy atom. The highest BCUT2D eigenvalue weighted by molar-refractivity contribution is 5.16. The van der Waals surface area contributed by atoms with E-state index in [1.807, 2.05) is 0 Å². The molecule has 0 amide bonds. The van der Waals surface area contributed by atoms with Gasteiger partial charge in [-0.3, -0.25) is 0 Å². The standard InChI is InChI=1S/C19H36O/c1-8-17(7)18(15(4)5)12-11-16(6)13-19(9-2,10-3)14-20/h13,17,20H,8-12,14H2,1-7H3. The number of rotatable bonds is 9. The van der Waals surface area contributed by atoms with Crippen LogP contribution >= 0.6 is 0 Å². The second kappa shape index (κ2) is 9.39. The maximum Gasteiger partial charge on any atom is 0.0521 e. The lowest BCUT2D eigenvalue weighted by atomic mass is 9.80. The molecule has 0 aromatic heterocycles. The fourth-order valence-corrected chi connectivity index (χ4v) is 2.89. The van der Waals surface area contributed by atoms with Gasteiger partial charge < -0.3 is 5.11 Å². The van der Waals surface area contributed by atoms with Gasteiger partial charge >= 0.3 is 0 Å². The molecule has 0 aromatic carbocycles. The zero-order chi connectivity index (χ0) is 15.8. The quantitative estimate of drug-likeness (QED) is 0.522. The average Bonchev–Trinajstić information content (AvgIpc) is 2.44. The minimum Gasteiger partial charge on any atom is -0.395 e. The Hall–Kier alpha value is -0.560. The molecular weight excluding hydrogens is 244 g/mol. The number of hydrogen-bond donors (Lipinski definition) is 1. The zero-order valence-electron chi connectivity index (χ0n) is 14.8. The lowest BCUT2D eigenvalue weighted by Gasteiger charge is -2.27. The Bertz CT molecular complexity index is 319. The van der Waals surface area contributed by atoms with E-state index in [-0.39, 0.29) is 12.0 Å². The molecule has 1 N–H and O–H groups in total. The van der Waals surface area contributed by atoms with E-state index in [1.165, 1.54) is 17.6 Å². The van der Waals surface area contributed by atoms with Gasteiger partial charge in [-0.2, -0.15) is 0 Å². The molecule has 0 saturated carbocycles. The van der Waals surface area contributed by atoms with E-state index in [0.29, 0.717) is 5.92 Å². The molecule has 0 heterocycles. The highest BCUT2D eigenvalue weighted by atomic mass is 16.3. The Morgan fingerprint density at radius 1 is 1.05 bits per heavy atom. The normalized spacial score (nSPS) is 14.3. The molecular formula is C19H36O. The number of aliphatic hydroxyl groups is 1. The van der Waals surface area contributed by atoms with E-state index in [2.05, 4.69) is 54.5 Å². The van der Waals surface area contributed by atoms with E-state index in [1.54, 1.807) is 5.57 Å². The van der Waals surface area contributed by atoms with Crippen molar-refractivity contribution in [3.8, 4) is 0 Å². The molecule has 0 spiro atoms. The first-order valence-electron chi connectivity index (χ1n) is 8.31. The number of aliphatic hydroxyl groups excluding tert-OH is 1. The van der Waals surface area contributed by atoms with Gasteiger partial charge in [-0.05, 0) is 58.8 Å². The summed E-state index contributed by atoms with van der Waals surface area (Å²) in [6.07, 6.45) is 7.84. The van der Waals surface area contributed by atoms with Crippen molar-refractivity contribution in [3.05, 3.63) is 22.8 Å². The van der Waals surface area contributed by atoms with Gasteiger partial charge in [0, 0.05) is 5.41 Å². The van der Waals surface area contributed by atoms with Gasteiger partial charge in [-0.15, -0.1) is 0 Å². The molecule has 0 aliphatic carbocycles. The summed E-state index contributed by atoms with van der Waals surface area (Å²) in [7, 11) is 0. The second-order valence-electron chi connectivity index (χ2n) is 6.55. The molecule has 1 heteroatoms. The van der Waals surface area contributed by atoms with Crippen molar-refractivity contribution in [2.45, 2.75) is 80.6 Å². The molecule has 0 fully saturated rings. The van der Waals surface area contributed by atoms with E-state index in [9.17, 15) is 5.11 Å². The van der Waals surface area contributed by atoms with Crippen LogP contribution in [0.1, 0.15) is 80.6 Å². The van der Waals surface area contributed by atoms with Crippen LogP contribution in [0.2, 0.25) is 0 Å². The van der Waals surface area contributed by atoms with Crippen LogP contribution in [0, 0.1) is 11.3 Å². The SMILES string of the molecule is CCC(C)C(CCC(C)=CC(CC)(CC)CO)=C(C)C. The van der Waals surface area contributed by atoms with Crippen LogP contribution in [0.5, 0.6) is 0 Å². The van der Waals surface area contributed by atoms with Gasteiger partial charge in [-0.25, -0.2) is 0 Å². The van der Waals surface area contributed by atoms with Crippen LogP contribution in [0.25, 0.3) is 0 Å².